The predicted octanol–water partition coefficient (Wildman–Crippen LogP) is 3.81. The Bertz CT molecular complexity index is 704. The van der Waals surface area contributed by atoms with Crippen LogP contribution in [0.4, 0.5) is 0 Å². The normalized spacial score (nSPS) is 23.1. The Kier molecular flexibility index (Phi) is 4.90. The van der Waals surface area contributed by atoms with Gasteiger partial charge in [0.25, 0.3) is 0 Å². The third-order valence-corrected chi connectivity index (χ3v) is 5.11. The molecule has 0 aliphatic carbocycles. The van der Waals surface area contributed by atoms with E-state index in [9.17, 15) is 0 Å². The largest absolute Gasteiger partial charge is 0.493 e. The maximum atomic E-state index is 6.16. The molecule has 4 nitrogen and oxygen atoms in total. The van der Waals surface area contributed by atoms with Crippen LogP contribution in [-0.2, 0) is 11.3 Å². The van der Waals surface area contributed by atoms with Crippen LogP contribution in [0.25, 0.3) is 0 Å². The van der Waals surface area contributed by atoms with E-state index in [-0.39, 0.29) is 6.10 Å². The van der Waals surface area contributed by atoms with Gasteiger partial charge in [-0.2, -0.15) is 0 Å². The van der Waals surface area contributed by atoms with Gasteiger partial charge in [-0.15, -0.1) is 0 Å². The van der Waals surface area contributed by atoms with Gasteiger partial charge in [0.05, 0.1) is 13.2 Å². The van der Waals surface area contributed by atoms with Gasteiger partial charge in [0, 0.05) is 18.2 Å². The van der Waals surface area contributed by atoms with Crippen molar-refractivity contribution < 1.29 is 14.2 Å². The van der Waals surface area contributed by atoms with Gasteiger partial charge in [0.15, 0.2) is 0 Å². The number of ether oxygens (including phenoxy) is 3. The van der Waals surface area contributed by atoms with Crippen molar-refractivity contribution >= 4 is 0 Å². The second kappa shape index (κ2) is 7.46. The molecule has 4 heteroatoms. The van der Waals surface area contributed by atoms with Gasteiger partial charge in [0.2, 0.25) is 0 Å². The molecule has 2 aliphatic heterocycles. The lowest BCUT2D eigenvalue weighted by atomic mass is 9.97. The first-order valence-corrected chi connectivity index (χ1v) is 9.14. The number of hydrogen-bond donors (Lipinski definition) is 0. The number of fused-ring (bicyclic) bond motifs is 3. The van der Waals surface area contributed by atoms with E-state index >= 15 is 0 Å². The molecule has 0 saturated carbocycles. The highest BCUT2D eigenvalue weighted by molar-refractivity contribution is 5.43. The Hall–Kier alpha value is -2.04. The monoisotopic (exact) mass is 339 g/mol. The van der Waals surface area contributed by atoms with E-state index in [1.807, 2.05) is 30.3 Å². The molecule has 4 rings (SSSR count). The zero-order valence-electron chi connectivity index (χ0n) is 14.7. The summed E-state index contributed by atoms with van der Waals surface area (Å²) in [5, 5.41) is 0. The van der Waals surface area contributed by atoms with E-state index in [0.29, 0.717) is 12.6 Å². The molecule has 2 unspecified atom stereocenters. The second-order valence-electron chi connectivity index (χ2n) is 6.60. The van der Waals surface area contributed by atoms with Crippen LogP contribution in [0.15, 0.2) is 48.5 Å². The van der Waals surface area contributed by atoms with E-state index < -0.39 is 0 Å². The van der Waals surface area contributed by atoms with Crippen LogP contribution in [0.2, 0.25) is 0 Å². The van der Waals surface area contributed by atoms with Crippen LogP contribution in [-0.4, -0.2) is 37.2 Å². The van der Waals surface area contributed by atoms with Crippen molar-refractivity contribution in [3.05, 3.63) is 59.7 Å². The molecule has 132 valence electrons. The summed E-state index contributed by atoms with van der Waals surface area (Å²) in [4.78, 5) is 2.50. The molecule has 2 aromatic carbocycles. The molecule has 0 aromatic heterocycles. The van der Waals surface area contributed by atoms with Gasteiger partial charge >= 0.3 is 0 Å². The first-order chi connectivity index (χ1) is 12.3. The molecule has 0 N–H and O–H groups in total. The SMILES string of the molecule is CCN1CCOC2c3cc(OCc4ccccc4)ccc3OCCC21. The van der Waals surface area contributed by atoms with Gasteiger partial charge < -0.3 is 14.2 Å². The molecule has 1 fully saturated rings. The molecule has 0 spiro atoms. The maximum Gasteiger partial charge on any atom is 0.125 e. The van der Waals surface area contributed by atoms with E-state index in [1.54, 1.807) is 0 Å². The quantitative estimate of drug-likeness (QED) is 0.847. The van der Waals surface area contributed by atoms with Crippen molar-refractivity contribution in [1.82, 2.24) is 4.90 Å². The summed E-state index contributed by atoms with van der Waals surface area (Å²) < 4.78 is 18.2. The van der Waals surface area contributed by atoms with Crippen LogP contribution >= 0.6 is 0 Å². The summed E-state index contributed by atoms with van der Waals surface area (Å²) in [5.41, 5.74) is 2.28. The van der Waals surface area contributed by atoms with Crippen molar-refractivity contribution in [2.45, 2.75) is 32.1 Å². The van der Waals surface area contributed by atoms with E-state index in [2.05, 4.69) is 30.0 Å². The van der Waals surface area contributed by atoms with Gasteiger partial charge in [-0.3, -0.25) is 4.90 Å². The third-order valence-electron chi connectivity index (χ3n) is 5.11. The number of benzene rings is 2. The lowest BCUT2D eigenvalue weighted by Gasteiger charge is -2.39. The number of morpholine rings is 1. The predicted molar refractivity (Wildman–Crippen MR) is 97.1 cm³/mol. The van der Waals surface area contributed by atoms with Crippen LogP contribution in [0.3, 0.4) is 0 Å². The molecular weight excluding hydrogens is 314 g/mol. The molecule has 2 atom stereocenters. The Morgan fingerprint density at radius 2 is 2.00 bits per heavy atom. The Balaban J connectivity index is 1.56. The van der Waals surface area contributed by atoms with Crippen LogP contribution in [0, 0.1) is 0 Å². The summed E-state index contributed by atoms with van der Waals surface area (Å²) in [6.45, 7) is 6.33. The molecule has 0 radical (unpaired) electrons. The number of likely N-dealkylation sites (N-methyl/N-ethyl adjacent to an activating group) is 1. The Morgan fingerprint density at radius 1 is 1.12 bits per heavy atom. The Labute approximate surface area is 149 Å². The summed E-state index contributed by atoms with van der Waals surface area (Å²) in [6, 6.07) is 16.7. The molecule has 2 aromatic rings. The summed E-state index contributed by atoms with van der Waals surface area (Å²) >= 11 is 0. The molecular formula is C21H25NO3. The minimum atomic E-state index is 0.0616. The maximum absolute atomic E-state index is 6.16. The topological polar surface area (TPSA) is 30.9 Å². The summed E-state index contributed by atoms with van der Waals surface area (Å²) in [6.07, 6.45) is 1.05. The van der Waals surface area contributed by atoms with Crippen molar-refractivity contribution in [1.29, 1.82) is 0 Å². The average molecular weight is 339 g/mol. The molecule has 0 bridgehead atoms. The minimum Gasteiger partial charge on any atom is -0.493 e. The minimum absolute atomic E-state index is 0.0616. The van der Waals surface area contributed by atoms with E-state index in [1.165, 1.54) is 0 Å². The lowest BCUT2D eigenvalue weighted by Crippen LogP contribution is -2.46. The van der Waals surface area contributed by atoms with E-state index in [0.717, 1.165) is 55.4 Å². The fourth-order valence-corrected chi connectivity index (χ4v) is 3.79. The number of rotatable bonds is 4. The lowest BCUT2D eigenvalue weighted by molar-refractivity contribution is -0.0725. The summed E-state index contributed by atoms with van der Waals surface area (Å²) in [5.74, 6) is 1.79. The standard InChI is InChI=1S/C21H25NO3/c1-2-22-11-13-24-21-18-14-17(25-15-16-6-4-3-5-7-16)8-9-20(18)23-12-10-19(21)22/h3-9,14,19,21H,2,10-13,15H2,1H3. The Morgan fingerprint density at radius 3 is 2.84 bits per heavy atom. The van der Waals surface area contributed by atoms with Crippen molar-refractivity contribution in [3.8, 4) is 11.5 Å². The van der Waals surface area contributed by atoms with Crippen LogP contribution < -0.4 is 9.47 Å². The first-order valence-electron chi connectivity index (χ1n) is 9.14. The fourth-order valence-electron chi connectivity index (χ4n) is 3.79. The molecule has 2 aliphatic rings. The van der Waals surface area contributed by atoms with Gasteiger partial charge in [0.1, 0.15) is 24.2 Å². The van der Waals surface area contributed by atoms with Crippen molar-refractivity contribution in [2.24, 2.45) is 0 Å². The number of nitrogens with zero attached hydrogens (tertiary/aromatic N) is 1. The fraction of sp³-hybridized carbons (Fsp3) is 0.429. The zero-order chi connectivity index (χ0) is 17.1. The molecule has 1 saturated heterocycles. The van der Waals surface area contributed by atoms with E-state index in [4.69, 9.17) is 14.2 Å². The highest BCUT2D eigenvalue weighted by atomic mass is 16.5. The second-order valence-corrected chi connectivity index (χ2v) is 6.60. The van der Waals surface area contributed by atoms with Gasteiger partial charge in [-0.1, -0.05) is 37.3 Å². The zero-order valence-corrected chi connectivity index (χ0v) is 14.7. The summed E-state index contributed by atoms with van der Waals surface area (Å²) in [7, 11) is 0. The molecule has 25 heavy (non-hydrogen) atoms. The number of hydrogen-bond acceptors (Lipinski definition) is 4. The molecule has 2 heterocycles. The third kappa shape index (κ3) is 3.51. The molecule has 0 amide bonds. The average Bonchev–Trinajstić information content (AvgIpc) is 2.86. The van der Waals surface area contributed by atoms with Gasteiger partial charge in [-0.05, 0) is 36.7 Å². The van der Waals surface area contributed by atoms with Crippen molar-refractivity contribution in [2.75, 3.05) is 26.3 Å². The van der Waals surface area contributed by atoms with Gasteiger partial charge in [-0.25, -0.2) is 0 Å². The van der Waals surface area contributed by atoms with Crippen LogP contribution in [0.5, 0.6) is 11.5 Å². The van der Waals surface area contributed by atoms with Crippen molar-refractivity contribution in [3.63, 3.8) is 0 Å². The first kappa shape index (κ1) is 16.4. The van der Waals surface area contributed by atoms with Crippen LogP contribution in [0.1, 0.15) is 30.6 Å². The highest BCUT2D eigenvalue weighted by Gasteiger charge is 2.36. The smallest absolute Gasteiger partial charge is 0.125 e. The highest BCUT2D eigenvalue weighted by Crippen LogP contribution is 2.40.